The average Bonchev–Trinajstić information content (AvgIpc) is 3.06. The Hall–Kier alpha value is -2.08. The molecule has 0 radical (unpaired) electrons. The highest BCUT2D eigenvalue weighted by atomic mass is 16.3. The lowest BCUT2D eigenvalue weighted by molar-refractivity contribution is 0.0693. The topological polar surface area (TPSA) is 63.3 Å². The first-order valence-corrected chi connectivity index (χ1v) is 7.23. The van der Waals surface area contributed by atoms with E-state index in [9.17, 15) is 9.90 Å². The van der Waals surface area contributed by atoms with Crippen molar-refractivity contribution in [2.24, 2.45) is 7.05 Å². The van der Waals surface area contributed by atoms with E-state index in [0.717, 1.165) is 18.5 Å². The molecule has 1 aliphatic carbocycles. The SMILES string of the molecule is Cn1cncc1CN(CCO)C(=O)c1cccn1C1CC1. The summed E-state index contributed by atoms with van der Waals surface area (Å²) in [5.74, 6) is -0.0397. The molecule has 0 bridgehead atoms. The zero-order valence-corrected chi connectivity index (χ0v) is 12.1. The minimum atomic E-state index is -0.0479. The summed E-state index contributed by atoms with van der Waals surface area (Å²) in [6, 6.07) is 4.23. The van der Waals surface area contributed by atoms with E-state index in [2.05, 4.69) is 9.55 Å². The Morgan fingerprint density at radius 1 is 1.52 bits per heavy atom. The molecule has 1 fully saturated rings. The van der Waals surface area contributed by atoms with Gasteiger partial charge in [-0.2, -0.15) is 0 Å². The van der Waals surface area contributed by atoms with Crippen molar-refractivity contribution in [2.75, 3.05) is 13.2 Å². The average molecular weight is 288 g/mol. The third-order valence-corrected chi connectivity index (χ3v) is 3.86. The minimum absolute atomic E-state index is 0.0397. The molecule has 0 atom stereocenters. The Kier molecular flexibility index (Phi) is 3.79. The van der Waals surface area contributed by atoms with Gasteiger partial charge in [-0.25, -0.2) is 4.98 Å². The van der Waals surface area contributed by atoms with Crippen LogP contribution in [0.1, 0.15) is 35.1 Å². The Bertz CT molecular complexity index is 627. The van der Waals surface area contributed by atoms with Gasteiger partial charge in [0.05, 0.1) is 25.2 Å². The maximum atomic E-state index is 12.8. The number of rotatable bonds is 6. The molecule has 0 spiro atoms. The quantitative estimate of drug-likeness (QED) is 0.868. The molecule has 0 saturated heterocycles. The van der Waals surface area contributed by atoms with Crippen molar-refractivity contribution in [2.45, 2.75) is 25.4 Å². The van der Waals surface area contributed by atoms with Crippen molar-refractivity contribution < 1.29 is 9.90 Å². The predicted octanol–water partition coefficient (Wildman–Crippen LogP) is 1.19. The summed E-state index contributed by atoms with van der Waals surface area (Å²) in [5.41, 5.74) is 1.65. The van der Waals surface area contributed by atoms with Crippen LogP contribution in [-0.2, 0) is 13.6 Å². The Balaban J connectivity index is 1.81. The first kappa shape index (κ1) is 13.9. The van der Waals surface area contributed by atoms with E-state index in [1.165, 1.54) is 0 Å². The number of aromatic nitrogens is 3. The molecule has 6 nitrogen and oxygen atoms in total. The van der Waals surface area contributed by atoms with Crippen LogP contribution in [0, 0.1) is 0 Å². The van der Waals surface area contributed by atoms with Crippen LogP contribution in [0.25, 0.3) is 0 Å². The largest absolute Gasteiger partial charge is 0.395 e. The first-order chi connectivity index (χ1) is 10.2. The molecule has 0 aromatic carbocycles. The zero-order chi connectivity index (χ0) is 14.8. The summed E-state index contributed by atoms with van der Waals surface area (Å²) < 4.78 is 3.94. The van der Waals surface area contributed by atoms with Crippen LogP contribution in [0.3, 0.4) is 0 Å². The second-order valence-electron chi connectivity index (χ2n) is 5.48. The van der Waals surface area contributed by atoms with E-state index in [0.29, 0.717) is 24.8 Å². The van der Waals surface area contributed by atoms with Gasteiger partial charge < -0.3 is 19.1 Å². The van der Waals surface area contributed by atoms with Gasteiger partial charge in [-0.15, -0.1) is 0 Å². The number of aliphatic hydroxyl groups excluding tert-OH is 1. The first-order valence-electron chi connectivity index (χ1n) is 7.23. The molecule has 112 valence electrons. The van der Waals surface area contributed by atoms with Crippen molar-refractivity contribution in [3.05, 3.63) is 42.2 Å². The molecule has 2 aromatic rings. The molecule has 3 rings (SSSR count). The van der Waals surface area contributed by atoms with Gasteiger partial charge in [-0.3, -0.25) is 4.79 Å². The monoisotopic (exact) mass is 288 g/mol. The predicted molar refractivity (Wildman–Crippen MR) is 77.7 cm³/mol. The standard InChI is InChI=1S/C15H20N4O2/c1-17-11-16-9-13(17)10-18(7-8-20)15(21)14-3-2-6-19(14)12-4-5-12/h2-3,6,9,11-12,20H,4-5,7-8,10H2,1H3. The smallest absolute Gasteiger partial charge is 0.270 e. The second-order valence-corrected chi connectivity index (χ2v) is 5.48. The summed E-state index contributed by atoms with van der Waals surface area (Å²) in [6.45, 7) is 0.722. The summed E-state index contributed by atoms with van der Waals surface area (Å²) in [4.78, 5) is 18.5. The zero-order valence-electron chi connectivity index (χ0n) is 12.1. The van der Waals surface area contributed by atoms with Gasteiger partial charge in [-0.1, -0.05) is 0 Å². The summed E-state index contributed by atoms with van der Waals surface area (Å²) in [7, 11) is 1.90. The number of aliphatic hydroxyl groups is 1. The lowest BCUT2D eigenvalue weighted by Crippen LogP contribution is -2.34. The highest BCUT2D eigenvalue weighted by Gasteiger charge is 2.28. The van der Waals surface area contributed by atoms with Gasteiger partial charge in [0, 0.05) is 32.0 Å². The lowest BCUT2D eigenvalue weighted by atomic mass is 10.3. The number of aryl methyl sites for hydroxylation is 1. The van der Waals surface area contributed by atoms with E-state index < -0.39 is 0 Å². The van der Waals surface area contributed by atoms with Crippen molar-refractivity contribution in [1.29, 1.82) is 0 Å². The van der Waals surface area contributed by atoms with E-state index in [4.69, 9.17) is 0 Å². The third kappa shape index (κ3) is 2.85. The molecule has 6 heteroatoms. The lowest BCUT2D eigenvalue weighted by Gasteiger charge is -2.22. The Labute approximate surface area is 123 Å². The second kappa shape index (κ2) is 5.73. The van der Waals surface area contributed by atoms with Gasteiger partial charge in [0.2, 0.25) is 0 Å². The number of hydrogen-bond acceptors (Lipinski definition) is 3. The number of hydrogen-bond donors (Lipinski definition) is 1. The number of carbonyl (C=O) groups is 1. The normalized spacial score (nSPS) is 14.4. The van der Waals surface area contributed by atoms with E-state index in [1.54, 1.807) is 17.4 Å². The molecule has 0 aliphatic heterocycles. The number of nitrogens with zero attached hydrogens (tertiary/aromatic N) is 4. The van der Waals surface area contributed by atoms with Crippen LogP contribution in [0.5, 0.6) is 0 Å². The highest BCUT2D eigenvalue weighted by Crippen LogP contribution is 2.36. The Morgan fingerprint density at radius 2 is 2.33 bits per heavy atom. The number of imidazole rings is 1. The summed E-state index contributed by atoms with van der Waals surface area (Å²) in [5, 5.41) is 9.25. The van der Waals surface area contributed by atoms with Gasteiger partial charge in [0.15, 0.2) is 0 Å². The third-order valence-electron chi connectivity index (χ3n) is 3.86. The molecule has 2 heterocycles. The van der Waals surface area contributed by atoms with Crippen LogP contribution in [0.15, 0.2) is 30.9 Å². The van der Waals surface area contributed by atoms with E-state index >= 15 is 0 Å². The summed E-state index contributed by atoms with van der Waals surface area (Å²) in [6.07, 6.45) is 7.70. The maximum Gasteiger partial charge on any atom is 0.270 e. The molecule has 1 aliphatic rings. The van der Waals surface area contributed by atoms with Gasteiger partial charge >= 0.3 is 0 Å². The van der Waals surface area contributed by atoms with Gasteiger partial charge in [-0.05, 0) is 25.0 Å². The van der Waals surface area contributed by atoms with Crippen molar-refractivity contribution in [1.82, 2.24) is 19.0 Å². The fraction of sp³-hybridized carbons (Fsp3) is 0.467. The van der Waals surface area contributed by atoms with Crippen LogP contribution < -0.4 is 0 Å². The van der Waals surface area contributed by atoms with Gasteiger partial charge in [0.25, 0.3) is 5.91 Å². The molecular formula is C15H20N4O2. The molecule has 1 N–H and O–H groups in total. The van der Waals surface area contributed by atoms with Crippen molar-refractivity contribution >= 4 is 5.91 Å². The summed E-state index contributed by atoms with van der Waals surface area (Å²) >= 11 is 0. The van der Waals surface area contributed by atoms with Crippen LogP contribution >= 0.6 is 0 Å². The van der Waals surface area contributed by atoms with E-state index in [-0.39, 0.29) is 12.5 Å². The van der Waals surface area contributed by atoms with Crippen LogP contribution in [-0.4, -0.2) is 43.2 Å². The van der Waals surface area contributed by atoms with Crippen LogP contribution in [0.4, 0.5) is 0 Å². The fourth-order valence-electron chi connectivity index (χ4n) is 2.51. The molecule has 0 unspecified atom stereocenters. The molecule has 2 aromatic heterocycles. The number of carbonyl (C=O) groups excluding carboxylic acids is 1. The maximum absolute atomic E-state index is 12.8. The number of amides is 1. The van der Waals surface area contributed by atoms with Crippen LogP contribution in [0.2, 0.25) is 0 Å². The van der Waals surface area contributed by atoms with Crippen molar-refractivity contribution in [3.63, 3.8) is 0 Å². The molecule has 1 amide bonds. The van der Waals surface area contributed by atoms with E-state index in [1.807, 2.05) is 29.9 Å². The molecular weight excluding hydrogens is 268 g/mol. The molecule has 21 heavy (non-hydrogen) atoms. The Morgan fingerprint density at radius 3 is 2.95 bits per heavy atom. The van der Waals surface area contributed by atoms with Gasteiger partial charge in [0.1, 0.15) is 5.69 Å². The highest BCUT2D eigenvalue weighted by molar-refractivity contribution is 5.92. The minimum Gasteiger partial charge on any atom is -0.395 e. The fourth-order valence-corrected chi connectivity index (χ4v) is 2.51. The van der Waals surface area contributed by atoms with Crippen molar-refractivity contribution in [3.8, 4) is 0 Å². The molecule has 1 saturated carbocycles.